The highest BCUT2D eigenvalue weighted by Crippen LogP contribution is 2.23. The molecule has 2 amide bonds. The molecule has 0 aliphatic heterocycles. The summed E-state index contributed by atoms with van der Waals surface area (Å²) in [6.07, 6.45) is 3.33. The highest BCUT2D eigenvalue weighted by atomic mass is 19.1. The highest BCUT2D eigenvalue weighted by molar-refractivity contribution is 6.04. The third kappa shape index (κ3) is 5.50. The van der Waals surface area contributed by atoms with Crippen molar-refractivity contribution in [1.29, 1.82) is 0 Å². The van der Waals surface area contributed by atoms with Gasteiger partial charge in [0.25, 0.3) is 5.91 Å². The van der Waals surface area contributed by atoms with E-state index in [-0.39, 0.29) is 36.0 Å². The number of benzene rings is 2. The van der Waals surface area contributed by atoms with Crippen LogP contribution in [-0.4, -0.2) is 16.8 Å². The minimum atomic E-state index is -0.296. The number of amides is 2. The van der Waals surface area contributed by atoms with Crippen molar-refractivity contribution >= 4 is 17.5 Å². The van der Waals surface area contributed by atoms with Gasteiger partial charge in [0.05, 0.1) is 6.04 Å². The Balaban J connectivity index is 1.55. The maximum absolute atomic E-state index is 13.9. The number of pyridine rings is 1. The molecule has 1 aromatic heterocycles. The fraction of sp³-hybridized carbons (Fsp3) is 0.208. The Morgan fingerprint density at radius 1 is 0.967 bits per heavy atom. The van der Waals surface area contributed by atoms with Gasteiger partial charge in [0.15, 0.2) is 0 Å². The van der Waals surface area contributed by atoms with Crippen LogP contribution >= 0.6 is 0 Å². The van der Waals surface area contributed by atoms with Crippen LogP contribution in [-0.2, 0) is 4.79 Å². The molecule has 2 unspecified atom stereocenters. The first-order chi connectivity index (χ1) is 14.4. The highest BCUT2D eigenvalue weighted by Gasteiger charge is 2.16. The summed E-state index contributed by atoms with van der Waals surface area (Å²) < 4.78 is 13.9. The number of rotatable bonds is 7. The van der Waals surface area contributed by atoms with E-state index in [0.717, 1.165) is 5.56 Å². The van der Waals surface area contributed by atoms with Crippen LogP contribution in [0.4, 0.5) is 10.1 Å². The van der Waals surface area contributed by atoms with E-state index in [9.17, 15) is 14.0 Å². The lowest BCUT2D eigenvalue weighted by Crippen LogP contribution is -2.27. The van der Waals surface area contributed by atoms with Crippen molar-refractivity contribution < 1.29 is 14.0 Å². The van der Waals surface area contributed by atoms with Gasteiger partial charge in [-0.1, -0.05) is 37.3 Å². The van der Waals surface area contributed by atoms with Crippen LogP contribution in [0.5, 0.6) is 0 Å². The molecule has 30 heavy (non-hydrogen) atoms. The summed E-state index contributed by atoms with van der Waals surface area (Å²) in [5, 5.41) is 5.77. The number of anilines is 1. The van der Waals surface area contributed by atoms with E-state index in [0.29, 0.717) is 16.8 Å². The molecule has 0 fully saturated rings. The molecule has 2 N–H and O–H groups in total. The van der Waals surface area contributed by atoms with Crippen LogP contribution in [0.3, 0.4) is 0 Å². The summed E-state index contributed by atoms with van der Waals surface area (Å²) in [7, 11) is 0. The second kappa shape index (κ2) is 9.78. The number of aromatic nitrogens is 1. The van der Waals surface area contributed by atoms with Crippen molar-refractivity contribution in [2.75, 3.05) is 5.32 Å². The third-order valence-electron chi connectivity index (χ3n) is 4.92. The number of halogens is 1. The normalized spacial score (nSPS) is 12.6. The molecule has 0 saturated heterocycles. The van der Waals surface area contributed by atoms with E-state index in [1.54, 1.807) is 54.9 Å². The molecule has 0 aliphatic carbocycles. The Morgan fingerprint density at radius 2 is 1.63 bits per heavy atom. The van der Waals surface area contributed by atoms with Crippen molar-refractivity contribution in [3.63, 3.8) is 0 Å². The summed E-state index contributed by atoms with van der Waals surface area (Å²) in [6.45, 7) is 3.72. The monoisotopic (exact) mass is 405 g/mol. The lowest BCUT2D eigenvalue weighted by Gasteiger charge is -2.17. The minimum absolute atomic E-state index is 0.145. The predicted octanol–water partition coefficient (Wildman–Crippen LogP) is 4.84. The standard InChI is InChI=1S/C24H24FN3O2/c1-16(21-5-3-4-6-22(21)25)15-23(29)27-17(2)18-7-9-20(10-8-18)28-24(30)19-11-13-26-14-12-19/h3-14,16-17H,15H2,1-2H3,(H,27,29)(H,28,30). The van der Waals surface area contributed by atoms with Gasteiger partial charge in [0.1, 0.15) is 5.82 Å². The molecule has 1 heterocycles. The first kappa shape index (κ1) is 21.2. The Bertz CT molecular complexity index is 1010. The van der Waals surface area contributed by atoms with Gasteiger partial charge in [0, 0.05) is 30.1 Å². The number of nitrogens with zero attached hydrogens (tertiary/aromatic N) is 1. The van der Waals surface area contributed by atoms with Crippen LogP contribution in [0.1, 0.15) is 53.7 Å². The first-order valence-corrected chi connectivity index (χ1v) is 9.79. The fourth-order valence-electron chi connectivity index (χ4n) is 3.21. The summed E-state index contributed by atoms with van der Waals surface area (Å²) >= 11 is 0. The molecule has 0 aliphatic rings. The third-order valence-corrected chi connectivity index (χ3v) is 4.92. The van der Waals surface area contributed by atoms with E-state index in [1.165, 1.54) is 6.07 Å². The van der Waals surface area contributed by atoms with Crippen LogP contribution in [0.15, 0.2) is 73.1 Å². The van der Waals surface area contributed by atoms with E-state index < -0.39 is 0 Å². The van der Waals surface area contributed by atoms with Gasteiger partial charge in [-0.2, -0.15) is 0 Å². The van der Waals surface area contributed by atoms with E-state index in [4.69, 9.17) is 0 Å². The fourth-order valence-corrected chi connectivity index (χ4v) is 3.21. The number of hydrogen-bond donors (Lipinski definition) is 2. The van der Waals surface area contributed by atoms with Crippen molar-refractivity contribution in [2.24, 2.45) is 0 Å². The Kier molecular flexibility index (Phi) is 6.91. The molecular weight excluding hydrogens is 381 g/mol. The number of hydrogen-bond acceptors (Lipinski definition) is 3. The van der Waals surface area contributed by atoms with Crippen molar-refractivity contribution in [3.05, 3.63) is 95.6 Å². The molecule has 5 nitrogen and oxygen atoms in total. The molecule has 3 aromatic rings. The molecule has 6 heteroatoms. The Labute approximate surface area is 175 Å². The second-order valence-electron chi connectivity index (χ2n) is 7.23. The van der Waals surface area contributed by atoms with Crippen molar-refractivity contribution in [1.82, 2.24) is 10.3 Å². The zero-order valence-electron chi connectivity index (χ0n) is 16.9. The predicted molar refractivity (Wildman–Crippen MR) is 115 cm³/mol. The van der Waals surface area contributed by atoms with Crippen LogP contribution in [0, 0.1) is 5.82 Å². The Hall–Kier alpha value is -3.54. The number of nitrogens with one attached hydrogen (secondary N) is 2. The van der Waals surface area contributed by atoms with Crippen molar-refractivity contribution in [3.8, 4) is 0 Å². The lowest BCUT2D eigenvalue weighted by atomic mass is 9.96. The lowest BCUT2D eigenvalue weighted by molar-refractivity contribution is -0.122. The second-order valence-corrected chi connectivity index (χ2v) is 7.23. The molecule has 154 valence electrons. The molecule has 0 saturated carbocycles. The van der Waals surface area contributed by atoms with Crippen molar-refractivity contribution in [2.45, 2.75) is 32.2 Å². The number of carbonyl (C=O) groups excluding carboxylic acids is 2. The summed E-state index contributed by atoms with van der Waals surface area (Å²) in [5.74, 6) is -0.874. The largest absolute Gasteiger partial charge is 0.350 e. The average Bonchev–Trinajstić information content (AvgIpc) is 2.75. The van der Waals surface area contributed by atoms with Gasteiger partial charge in [0.2, 0.25) is 5.91 Å². The zero-order valence-corrected chi connectivity index (χ0v) is 16.9. The zero-order chi connectivity index (χ0) is 21.5. The van der Waals surface area contributed by atoms with E-state index >= 15 is 0 Å². The minimum Gasteiger partial charge on any atom is -0.350 e. The average molecular weight is 405 g/mol. The maximum Gasteiger partial charge on any atom is 0.255 e. The van der Waals surface area contributed by atoms with Crippen LogP contribution < -0.4 is 10.6 Å². The number of carbonyl (C=O) groups is 2. The molecule has 2 aromatic carbocycles. The summed E-state index contributed by atoms with van der Waals surface area (Å²) in [4.78, 5) is 28.5. The summed E-state index contributed by atoms with van der Waals surface area (Å²) in [6, 6.07) is 16.9. The smallest absolute Gasteiger partial charge is 0.255 e. The molecule has 3 rings (SSSR count). The maximum atomic E-state index is 13.9. The first-order valence-electron chi connectivity index (χ1n) is 9.79. The van der Waals surface area contributed by atoms with Crippen LogP contribution in [0.25, 0.3) is 0 Å². The van der Waals surface area contributed by atoms with Gasteiger partial charge in [-0.3, -0.25) is 14.6 Å². The van der Waals surface area contributed by atoms with E-state index in [1.807, 2.05) is 26.0 Å². The van der Waals surface area contributed by atoms with Gasteiger partial charge in [-0.25, -0.2) is 4.39 Å². The topological polar surface area (TPSA) is 71.1 Å². The SMILES string of the molecule is CC(CC(=O)NC(C)c1ccc(NC(=O)c2ccncc2)cc1)c1ccccc1F. The van der Waals surface area contributed by atoms with Crippen LogP contribution in [0.2, 0.25) is 0 Å². The summed E-state index contributed by atoms with van der Waals surface area (Å²) in [5.41, 5.74) is 2.63. The Morgan fingerprint density at radius 3 is 2.30 bits per heavy atom. The molecular formula is C24H24FN3O2. The molecule has 0 radical (unpaired) electrons. The van der Waals surface area contributed by atoms with Gasteiger partial charge < -0.3 is 10.6 Å². The molecule has 0 bridgehead atoms. The molecule has 2 atom stereocenters. The van der Waals surface area contributed by atoms with Gasteiger partial charge in [-0.05, 0) is 54.3 Å². The quantitative estimate of drug-likeness (QED) is 0.591. The van der Waals surface area contributed by atoms with Gasteiger partial charge >= 0.3 is 0 Å². The van der Waals surface area contributed by atoms with Gasteiger partial charge in [-0.15, -0.1) is 0 Å². The van der Waals surface area contributed by atoms with E-state index in [2.05, 4.69) is 15.6 Å². The molecule has 0 spiro atoms.